The Kier molecular flexibility index (Phi) is 3.81. The van der Waals surface area contributed by atoms with Gasteiger partial charge in [-0.3, -0.25) is 0 Å². The number of pyridine rings is 1. The van der Waals surface area contributed by atoms with E-state index in [0.29, 0.717) is 16.5 Å². The maximum absolute atomic E-state index is 6.46. The molecule has 1 aromatic carbocycles. The van der Waals surface area contributed by atoms with Gasteiger partial charge in [0.15, 0.2) is 0 Å². The lowest BCUT2D eigenvalue weighted by Crippen LogP contribution is -2.05. The Morgan fingerprint density at radius 2 is 1.81 bits per heavy atom. The zero-order valence-corrected chi connectivity index (χ0v) is 13.1. The standard InChI is InChI=1S/C16H19ClN2O2/c1-20-11-8-12(21-2)16-13(14(11)17)15(18)9-6-4-3-5-7-10(9)19-16/h8H,3-7H2,1-2H3,(H2,18,19). The minimum absolute atomic E-state index is 0.505. The summed E-state index contributed by atoms with van der Waals surface area (Å²) in [5.41, 5.74) is 10.1. The third-order valence-corrected chi connectivity index (χ3v) is 4.51. The molecule has 0 spiro atoms. The van der Waals surface area contributed by atoms with Crippen molar-refractivity contribution in [3.8, 4) is 11.5 Å². The van der Waals surface area contributed by atoms with E-state index in [9.17, 15) is 0 Å². The molecular weight excluding hydrogens is 288 g/mol. The molecule has 0 radical (unpaired) electrons. The summed E-state index contributed by atoms with van der Waals surface area (Å²) in [6.07, 6.45) is 5.42. The molecule has 0 fully saturated rings. The number of benzene rings is 1. The molecule has 1 aliphatic carbocycles. The summed E-state index contributed by atoms with van der Waals surface area (Å²) in [5.74, 6) is 1.20. The van der Waals surface area contributed by atoms with E-state index in [0.717, 1.165) is 53.5 Å². The predicted octanol–water partition coefficient (Wildman–Crippen LogP) is 3.76. The van der Waals surface area contributed by atoms with E-state index in [1.165, 1.54) is 6.42 Å². The normalized spacial score (nSPS) is 14.6. The molecule has 21 heavy (non-hydrogen) atoms. The molecule has 0 saturated carbocycles. The first-order chi connectivity index (χ1) is 10.2. The topological polar surface area (TPSA) is 57.4 Å². The molecule has 1 aliphatic rings. The first-order valence-electron chi connectivity index (χ1n) is 7.18. The second-order valence-electron chi connectivity index (χ2n) is 5.33. The molecule has 0 bridgehead atoms. The van der Waals surface area contributed by atoms with Crippen LogP contribution in [0.25, 0.3) is 10.9 Å². The van der Waals surface area contributed by atoms with Crippen LogP contribution < -0.4 is 15.2 Å². The van der Waals surface area contributed by atoms with Crippen LogP contribution >= 0.6 is 11.6 Å². The molecular formula is C16H19ClN2O2. The number of nitrogen functional groups attached to an aromatic ring is 1. The van der Waals surface area contributed by atoms with Crippen LogP contribution in [0, 0.1) is 0 Å². The summed E-state index contributed by atoms with van der Waals surface area (Å²) in [5, 5.41) is 1.25. The fraction of sp³-hybridized carbons (Fsp3) is 0.438. The van der Waals surface area contributed by atoms with Crippen LogP contribution in [0.4, 0.5) is 5.69 Å². The van der Waals surface area contributed by atoms with E-state index in [1.807, 2.05) is 0 Å². The Bertz CT molecular complexity index is 701. The summed E-state index contributed by atoms with van der Waals surface area (Å²) < 4.78 is 10.8. The fourth-order valence-electron chi connectivity index (χ4n) is 3.03. The van der Waals surface area contributed by atoms with Crippen LogP contribution in [0.1, 0.15) is 30.5 Å². The van der Waals surface area contributed by atoms with Crippen molar-refractivity contribution in [2.24, 2.45) is 0 Å². The van der Waals surface area contributed by atoms with Crippen molar-refractivity contribution in [3.05, 3.63) is 22.3 Å². The average molecular weight is 307 g/mol. The van der Waals surface area contributed by atoms with E-state index >= 15 is 0 Å². The van der Waals surface area contributed by atoms with Crippen LogP contribution in [0.15, 0.2) is 6.07 Å². The van der Waals surface area contributed by atoms with Gasteiger partial charge in [-0.1, -0.05) is 18.0 Å². The molecule has 0 saturated heterocycles. The smallest absolute Gasteiger partial charge is 0.148 e. The Morgan fingerprint density at radius 1 is 1.10 bits per heavy atom. The fourth-order valence-corrected chi connectivity index (χ4v) is 3.35. The number of anilines is 1. The minimum atomic E-state index is 0.505. The maximum Gasteiger partial charge on any atom is 0.148 e. The van der Waals surface area contributed by atoms with E-state index in [4.69, 9.17) is 31.8 Å². The third kappa shape index (κ3) is 2.27. The summed E-state index contributed by atoms with van der Waals surface area (Å²) in [4.78, 5) is 4.80. The van der Waals surface area contributed by atoms with Crippen LogP contribution in [0.5, 0.6) is 11.5 Å². The van der Waals surface area contributed by atoms with Gasteiger partial charge in [0, 0.05) is 22.8 Å². The maximum atomic E-state index is 6.46. The molecule has 2 N–H and O–H groups in total. The molecule has 112 valence electrons. The number of nitrogens with two attached hydrogens (primary N) is 1. The molecule has 1 heterocycles. The van der Waals surface area contributed by atoms with Crippen molar-refractivity contribution in [1.82, 2.24) is 4.98 Å². The summed E-state index contributed by atoms with van der Waals surface area (Å²) in [6.45, 7) is 0. The lowest BCUT2D eigenvalue weighted by atomic mass is 10.0. The quantitative estimate of drug-likeness (QED) is 0.858. The van der Waals surface area contributed by atoms with Gasteiger partial charge < -0.3 is 15.2 Å². The zero-order valence-electron chi connectivity index (χ0n) is 12.3. The van der Waals surface area contributed by atoms with Crippen molar-refractivity contribution in [2.45, 2.75) is 32.1 Å². The van der Waals surface area contributed by atoms with Crippen molar-refractivity contribution in [2.75, 3.05) is 20.0 Å². The molecule has 5 heteroatoms. The molecule has 0 atom stereocenters. The van der Waals surface area contributed by atoms with E-state index in [1.54, 1.807) is 20.3 Å². The third-order valence-electron chi connectivity index (χ3n) is 4.14. The largest absolute Gasteiger partial charge is 0.495 e. The van der Waals surface area contributed by atoms with E-state index in [2.05, 4.69) is 0 Å². The van der Waals surface area contributed by atoms with Crippen LogP contribution in [0.3, 0.4) is 0 Å². The molecule has 0 unspecified atom stereocenters. The van der Waals surface area contributed by atoms with Crippen molar-refractivity contribution in [1.29, 1.82) is 0 Å². The molecule has 0 amide bonds. The second kappa shape index (κ2) is 5.60. The molecule has 3 rings (SSSR count). The minimum Gasteiger partial charge on any atom is -0.495 e. The van der Waals surface area contributed by atoms with Gasteiger partial charge in [-0.15, -0.1) is 0 Å². The Morgan fingerprint density at radius 3 is 2.52 bits per heavy atom. The van der Waals surface area contributed by atoms with E-state index < -0.39 is 0 Å². The highest BCUT2D eigenvalue weighted by Gasteiger charge is 2.21. The van der Waals surface area contributed by atoms with Crippen molar-refractivity contribution < 1.29 is 9.47 Å². The lowest BCUT2D eigenvalue weighted by Gasteiger charge is -2.16. The number of aromatic nitrogens is 1. The number of aryl methyl sites for hydroxylation is 1. The first-order valence-corrected chi connectivity index (χ1v) is 7.56. The summed E-state index contributed by atoms with van der Waals surface area (Å²) >= 11 is 6.46. The Hall–Kier alpha value is -1.68. The monoisotopic (exact) mass is 306 g/mol. The summed E-state index contributed by atoms with van der Waals surface area (Å²) in [6, 6.07) is 1.76. The number of hydrogen-bond acceptors (Lipinski definition) is 4. The summed E-state index contributed by atoms with van der Waals surface area (Å²) in [7, 11) is 3.20. The SMILES string of the molecule is COc1cc(OC)c2nc3c(c(N)c2c1Cl)CCCCC3. The van der Waals surface area contributed by atoms with Gasteiger partial charge in [-0.2, -0.15) is 0 Å². The van der Waals surface area contributed by atoms with Crippen LogP contribution in [-0.2, 0) is 12.8 Å². The van der Waals surface area contributed by atoms with Crippen LogP contribution in [0.2, 0.25) is 5.02 Å². The van der Waals surface area contributed by atoms with Gasteiger partial charge in [0.2, 0.25) is 0 Å². The predicted molar refractivity (Wildman–Crippen MR) is 85.5 cm³/mol. The Labute approximate surface area is 129 Å². The number of nitrogens with zero attached hydrogens (tertiary/aromatic N) is 1. The highest BCUT2D eigenvalue weighted by atomic mass is 35.5. The number of hydrogen-bond donors (Lipinski definition) is 1. The highest BCUT2D eigenvalue weighted by molar-refractivity contribution is 6.38. The van der Waals surface area contributed by atoms with Crippen molar-refractivity contribution >= 4 is 28.2 Å². The van der Waals surface area contributed by atoms with Gasteiger partial charge in [0.25, 0.3) is 0 Å². The van der Waals surface area contributed by atoms with Gasteiger partial charge in [0.1, 0.15) is 17.0 Å². The zero-order chi connectivity index (χ0) is 15.0. The number of rotatable bonds is 2. The second-order valence-corrected chi connectivity index (χ2v) is 5.71. The van der Waals surface area contributed by atoms with Gasteiger partial charge >= 0.3 is 0 Å². The highest BCUT2D eigenvalue weighted by Crippen LogP contribution is 2.43. The van der Waals surface area contributed by atoms with Gasteiger partial charge in [-0.05, 0) is 31.2 Å². The number of methoxy groups -OCH3 is 2. The van der Waals surface area contributed by atoms with Crippen molar-refractivity contribution in [3.63, 3.8) is 0 Å². The van der Waals surface area contributed by atoms with E-state index in [-0.39, 0.29) is 0 Å². The number of ether oxygens (including phenoxy) is 2. The molecule has 0 aliphatic heterocycles. The molecule has 1 aromatic heterocycles. The molecule has 2 aromatic rings. The molecule has 4 nitrogen and oxygen atoms in total. The average Bonchev–Trinajstić information content (AvgIpc) is 2.73. The van der Waals surface area contributed by atoms with Gasteiger partial charge in [-0.25, -0.2) is 4.98 Å². The number of fused-ring (bicyclic) bond motifs is 2. The lowest BCUT2D eigenvalue weighted by molar-refractivity contribution is 0.397. The first kappa shape index (κ1) is 14.3. The van der Waals surface area contributed by atoms with Gasteiger partial charge in [0.05, 0.1) is 19.2 Å². The van der Waals surface area contributed by atoms with Crippen LogP contribution in [-0.4, -0.2) is 19.2 Å². The Balaban J connectivity index is 2.38. The number of halogens is 1.